The normalized spacial score (nSPS) is 15.1. The molecule has 1 aliphatic rings. The minimum Gasteiger partial charge on any atom is -0.481 e. The van der Waals surface area contributed by atoms with Crippen LogP contribution in [0.1, 0.15) is 45.1 Å². The minimum absolute atomic E-state index is 0.0579. The molecule has 2 N–H and O–H groups in total. The van der Waals surface area contributed by atoms with Gasteiger partial charge in [0, 0.05) is 25.0 Å². The fourth-order valence-electron chi connectivity index (χ4n) is 2.86. The van der Waals surface area contributed by atoms with Gasteiger partial charge < -0.3 is 15.3 Å². The Morgan fingerprint density at radius 2 is 1.92 bits per heavy atom. The van der Waals surface area contributed by atoms with Gasteiger partial charge in [-0.3, -0.25) is 4.79 Å². The van der Waals surface area contributed by atoms with E-state index in [0.29, 0.717) is 24.8 Å². The average molecular weight is 332 g/mol. The molecule has 0 saturated heterocycles. The third-order valence-corrected chi connectivity index (χ3v) is 4.17. The molecule has 2 amide bonds. The molecule has 5 nitrogen and oxygen atoms in total. The Bertz CT molecular complexity index is 541. The highest BCUT2D eigenvalue weighted by atomic mass is 16.4. The van der Waals surface area contributed by atoms with Gasteiger partial charge in [-0.15, -0.1) is 0 Å². The summed E-state index contributed by atoms with van der Waals surface area (Å²) in [6.45, 7) is 4.95. The second-order valence-electron chi connectivity index (χ2n) is 7.05. The molecule has 1 atom stereocenters. The fraction of sp³-hybridized carbons (Fsp3) is 0.579. The molecular formula is C19H28N2O3. The summed E-state index contributed by atoms with van der Waals surface area (Å²) in [6.07, 6.45) is 3.29. The van der Waals surface area contributed by atoms with Crippen molar-refractivity contribution >= 4 is 12.0 Å². The number of benzene rings is 1. The zero-order chi connectivity index (χ0) is 17.5. The zero-order valence-electron chi connectivity index (χ0n) is 14.6. The molecule has 24 heavy (non-hydrogen) atoms. The van der Waals surface area contributed by atoms with Crippen molar-refractivity contribution < 1.29 is 14.7 Å². The van der Waals surface area contributed by atoms with Gasteiger partial charge in [-0.2, -0.15) is 0 Å². The van der Waals surface area contributed by atoms with Crippen LogP contribution in [-0.2, 0) is 11.2 Å². The highest BCUT2D eigenvalue weighted by Gasteiger charge is 2.33. The number of aliphatic carboxylic acids is 1. The Balaban J connectivity index is 1.99. The highest BCUT2D eigenvalue weighted by Crippen LogP contribution is 2.27. The molecule has 2 rings (SSSR count). The van der Waals surface area contributed by atoms with Crippen molar-refractivity contribution in [3.63, 3.8) is 0 Å². The summed E-state index contributed by atoms with van der Waals surface area (Å²) in [4.78, 5) is 25.5. The number of carbonyl (C=O) groups is 2. The van der Waals surface area contributed by atoms with Crippen molar-refractivity contribution in [1.82, 2.24) is 10.2 Å². The van der Waals surface area contributed by atoms with E-state index in [4.69, 9.17) is 5.11 Å². The van der Waals surface area contributed by atoms with Crippen LogP contribution in [0.4, 0.5) is 4.79 Å². The molecule has 1 aromatic carbocycles. The molecule has 0 spiro atoms. The van der Waals surface area contributed by atoms with Crippen LogP contribution in [0.3, 0.4) is 0 Å². The van der Waals surface area contributed by atoms with Crippen LogP contribution in [0, 0.1) is 5.92 Å². The van der Waals surface area contributed by atoms with Crippen LogP contribution in [0.2, 0.25) is 0 Å². The summed E-state index contributed by atoms with van der Waals surface area (Å²) in [7, 11) is 0. The first-order valence-electron chi connectivity index (χ1n) is 8.78. The summed E-state index contributed by atoms with van der Waals surface area (Å²) >= 11 is 0. The van der Waals surface area contributed by atoms with Crippen molar-refractivity contribution in [2.45, 2.75) is 58.0 Å². The maximum absolute atomic E-state index is 12.7. The average Bonchev–Trinajstić information content (AvgIpc) is 3.35. The molecule has 132 valence electrons. The van der Waals surface area contributed by atoms with E-state index in [0.717, 1.165) is 24.9 Å². The Labute approximate surface area is 144 Å². The Morgan fingerprint density at radius 1 is 1.25 bits per heavy atom. The first-order valence-corrected chi connectivity index (χ1v) is 8.78. The lowest BCUT2D eigenvalue weighted by atomic mass is 10.0. The Kier molecular flexibility index (Phi) is 6.64. The second kappa shape index (κ2) is 8.71. The SMILES string of the molecule is CC(C)CN(C(=O)NC(CCC(=O)O)Cc1ccccc1)C1CC1. The summed E-state index contributed by atoms with van der Waals surface area (Å²) in [5, 5.41) is 12.0. The van der Waals surface area contributed by atoms with E-state index in [1.54, 1.807) is 0 Å². The first-order chi connectivity index (χ1) is 11.5. The largest absolute Gasteiger partial charge is 0.481 e. The molecule has 0 radical (unpaired) electrons. The van der Waals surface area contributed by atoms with Gasteiger partial charge >= 0.3 is 12.0 Å². The van der Waals surface area contributed by atoms with E-state index in [1.807, 2.05) is 35.2 Å². The Morgan fingerprint density at radius 3 is 2.46 bits per heavy atom. The lowest BCUT2D eigenvalue weighted by Crippen LogP contribution is -2.48. The number of carbonyl (C=O) groups excluding carboxylic acids is 1. The van der Waals surface area contributed by atoms with Gasteiger partial charge in [-0.05, 0) is 37.2 Å². The maximum atomic E-state index is 12.7. The highest BCUT2D eigenvalue weighted by molar-refractivity contribution is 5.75. The van der Waals surface area contributed by atoms with Crippen LogP contribution < -0.4 is 5.32 Å². The summed E-state index contributed by atoms with van der Waals surface area (Å²) in [5.41, 5.74) is 1.11. The molecule has 0 bridgehead atoms. The smallest absolute Gasteiger partial charge is 0.317 e. The van der Waals surface area contributed by atoms with Gasteiger partial charge in [0.2, 0.25) is 0 Å². The summed E-state index contributed by atoms with van der Waals surface area (Å²) < 4.78 is 0. The quantitative estimate of drug-likeness (QED) is 0.729. The van der Waals surface area contributed by atoms with Crippen LogP contribution in [-0.4, -0.2) is 40.6 Å². The molecule has 5 heteroatoms. The van der Waals surface area contributed by atoms with Crippen molar-refractivity contribution in [3.05, 3.63) is 35.9 Å². The first kappa shape index (κ1) is 18.3. The number of nitrogens with one attached hydrogen (secondary N) is 1. The number of rotatable bonds is 9. The number of carboxylic acid groups (broad SMARTS) is 1. The van der Waals surface area contributed by atoms with Crippen molar-refractivity contribution in [2.75, 3.05) is 6.54 Å². The minimum atomic E-state index is -0.830. The molecule has 1 unspecified atom stereocenters. The standard InChI is InChI=1S/C19H28N2O3/c1-14(2)13-21(17-9-10-17)19(24)20-16(8-11-18(22)23)12-15-6-4-3-5-7-15/h3-7,14,16-17H,8-13H2,1-2H3,(H,20,24)(H,22,23). The van der Waals surface area contributed by atoms with Gasteiger partial charge in [0.05, 0.1) is 0 Å². The summed E-state index contributed by atoms with van der Waals surface area (Å²) in [6, 6.07) is 10.0. The van der Waals surface area contributed by atoms with Gasteiger partial charge in [-0.1, -0.05) is 44.2 Å². The van der Waals surface area contributed by atoms with Gasteiger partial charge in [0.15, 0.2) is 0 Å². The predicted molar refractivity (Wildman–Crippen MR) is 93.9 cm³/mol. The number of hydrogen-bond acceptors (Lipinski definition) is 2. The number of hydrogen-bond donors (Lipinski definition) is 2. The molecule has 1 saturated carbocycles. The molecule has 0 heterocycles. The van der Waals surface area contributed by atoms with Gasteiger partial charge in [0.25, 0.3) is 0 Å². The molecule has 0 aromatic heterocycles. The van der Waals surface area contributed by atoms with Crippen LogP contribution in [0.15, 0.2) is 30.3 Å². The number of urea groups is 1. The van der Waals surface area contributed by atoms with Crippen molar-refractivity contribution in [1.29, 1.82) is 0 Å². The lowest BCUT2D eigenvalue weighted by molar-refractivity contribution is -0.137. The number of nitrogens with zero attached hydrogens (tertiary/aromatic N) is 1. The topological polar surface area (TPSA) is 69.6 Å². The van der Waals surface area contributed by atoms with E-state index < -0.39 is 5.97 Å². The molecule has 0 aliphatic heterocycles. The molecule has 1 aromatic rings. The summed E-state index contributed by atoms with van der Waals surface area (Å²) in [5.74, 6) is -0.411. The predicted octanol–water partition coefficient (Wildman–Crippen LogP) is 3.29. The maximum Gasteiger partial charge on any atom is 0.317 e. The number of carboxylic acids is 1. The van der Waals surface area contributed by atoms with Crippen molar-refractivity contribution in [2.24, 2.45) is 5.92 Å². The van der Waals surface area contributed by atoms with E-state index >= 15 is 0 Å². The van der Waals surface area contributed by atoms with Gasteiger partial charge in [-0.25, -0.2) is 4.79 Å². The Hall–Kier alpha value is -2.04. The van der Waals surface area contributed by atoms with E-state index in [-0.39, 0.29) is 18.5 Å². The lowest BCUT2D eigenvalue weighted by Gasteiger charge is -2.28. The second-order valence-corrected chi connectivity index (χ2v) is 7.05. The third-order valence-electron chi connectivity index (χ3n) is 4.17. The van der Waals surface area contributed by atoms with Crippen molar-refractivity contribution in [3.8, 4) is 0 Å². The molecule has 1 fully saturated rings. The zero-order valence-corrected chi connectivity index (χ0v) is 14.6. The third kappa shape index (κ3) is 6.22. The fourth-order valence-corrected chi connectivity index (χ4v) is 2.86. The van der Waals surface area contributed by atoms with Crippen LogP contribution in [0.5, 0.6) is 0 Å². The van der Waals surface area contributed by atoms with E-state index in [2.05, 4.69) is 19.2 Å². The number of amides is 2. The molecular weight excluding hydrogens is 304 g/mol. The monoisotopic (exact) mass is 332 g/mol. The van der Waals surface area contributed by atoms with Crippen LogP contribution in [0.25, 0.3) is 0 Å². The molecule has 1 aliphatic carbocycles. The van der Waals surface area contributed by atoms with Crippen LogP contribution >= 0.6 is 0 Å². The van der Waals surface area contributed by atoms with E-state index in [9.17, 15) is 9.59 Å². The van der Waals surface area contributed by atoms with E-state index in [1.165, 1.54) is 0 Å². The van der Waals surface area contributed by atoms with Gasteiger partial charge in [0.1, 0.15) is 0 Å².